The summed E-state index contributed by atoms with van der Waals surface area (Å²) in [5.41, 5.74) is 2.43. The van der Waals surface area contributed by atoms with Gasteiger partial charge in [0, 0.05) is 43.3 Å². The zero-order valence-corrected chi connectivity index (χ0v) is 17.7. The number of hydrogen-bond acceptors (Lipinski definition) is 5. The topological polar surface area (TPSA) is 66.4 Å². The molecule has 0 saturated carbocycles. The molecule has 2 aromatic heterocycles. The van der Waals surface area contributed by atoms with Gasteiger partial charge >= 0.3 is 0 Å². The van der Waals surface area contributed by atoms with Crippen molar-refractivity contribution in [3.63, 3.8) is 0 Å². The lowest BCUT2D eigenvalue weighted by Crippen LogP contribution is -2.59. The van der Waals surface area contributed by atoms with Gasteiger partial charge in [0.15, 0.2) is 0 Å². The van der Waals surface area contributed by atoms with Crippen LogP contribution in [0.1, 0.15) is 29.4 Å². The fraction of sp³-hybridized carbons (Fsp3) is 0.304. The van der Waals surface area contributed by atoms with Gasteiger partial charge in [-0.05, 0) is 29.0 Å². The summed E-state index contributed by atoms with van der Waals surface area (Å²) in [4.78, 5) is 39.3. The minimum absolute atomic E-state index is 0.00173. The van der Waals surface area contributed by atoms with Gasteiger partial charge in [-0.1, -0.05) is 37.3 Å². The monoisotopic (exact) mass is 420 g/mol. The van der Waals surface area contributed by atoms with Crippen LogP contribution in [0.25, 0.3) is 10.4 Å². The van der Waals surface area contributed by atoms with E-state index in [1.54, 1.807) is 16.2 Å². The van der Waals surface area contributed by atoms with Crippen molar-refractivity contribution in [3.8, 4) is 10.4 Å². The number of aromatic nitrogens is 2. The standard InChI is InChI=1S/C23H24N4O2S/c1-2-10-26-11-12-27(22(28)19-16-24-8-9-25-19)20(23(26)29)15-17-5-3-6-18(14-17)21-7-4-13-30-21/h3-9,13-14,16,20H,2,10-12,15H2,1H3/t20-/m1/s1. The Bertz CT molecular complexity index is 1010. The quantitative estimate of drug-likeness (QED) is 0.612. The van der Waals surface area contributed by atoms with Gasteiger partial charge in [-0.15, -0.1) is 11.3 Å². The van der Waals surface area contributed by atoms with E-state index in [-0.39, 0.29) is 17.5 Å². The molecule has 1 saturated heterocycles. The molecule has 0 bridgehead atoms. The fourth-order valence-electron chi connectivity index (χ4n) is 3.85. The third-order valence-electron chi connectivity index (χ3n) is 5.28. The van der Waals surface area contributed by atoms with E-state index in [1.807, 2.05) is 23.1 Å². The molecule has 1 aliphatic heterocycles. The zero-order chi connectivity index (χ0) is 20.9. The molecule has 0 spiro atoms. The third kappa shape index (κ3) is 4.26. The summed E-state index contributed by atoms with van der Waals surface area (Å²) < 4.78 is 0. The van der Waals surface area contributed by atoms with Crippen molar-refractivity contribution in [2.24, 2.45) is 0 Å². The number of thiophene rings is 1. The summed E-state index contributed by atoms with van der Waals surface area (Å²) in [6, 6.07) is 11.8. The first-order chi connectivity index (χ1) is 14.7. The van der Waals surface area contributed by atoms with Crippen molar-refractivity contribution in [1.29, 1.82) is 0 Å². The highest BCUT2D eigenvalue weighted by Gasteiger charge is 2.37. The molecule has 1 atom stereocenters. The Kier molecular flexibility index (Phi) is 6.18. The fourth-order valence-corrected chi connectivity index (χ4v) is 4.57. The van der Waals surface area contributed by atoms with E-state index >= 15 is 0 Å². The van der Waals surface area contributed by atoms with Gasteiger partial charge in [0.2, 0.25) is 5.91 Å². The predicted molar refractivity (Wildman–Crippen MR) is 117 cm³/mol. The first-order valence-electron chi connectivity index (χ1n) is 10.2. The number of hydrogen-bond donors (Lipinski definition) is 0. The largest absolute Gasteiger partial charge is 0.339 e. The Morgan fingerprint density at radius 2 is 2.10 bits per heavy atom. The highest BCUT2D eigenvalue weighted by molar-refractivity contribution is 7.13. The number of amides is 2. The first-order valence-corrected chi connectivity index (χ1v) is 11.0. The van der Waals surface area contributed by atoms with Crippen molar-refractivity contribution >= 4 is 23.2 Å². The summed E-state index contributed by atoms with van der Waals surface area (Å²) in [7, 11) is 0. The van der Waals surface area contributed by atoms with E-state index in [0.29, 0.717) is 26.1 Å². The molecule has 1 aliphatic rings. The van der Waals surface area contributed by atoms with E-state index in [4.69, 9.17) is 0 Å². The van der Waals surface area contributed by atoms with Crippen molar-refractivity contribution in [2.75, 3.05) is 19.6 Å². The number of carbonyl (C=O) groups is 2. The van der Waals surface area contributed by atoms with Gasteiger partial charge in [0.05, 0.1) is 6.20 Å². The molecule has 0 unspecified atom stereocenters. The second-order valence-electron chi connectivity index (χ2n) is 7.31. The number of piperazine rings is 1. The van der Waals surface area contributed by atoms with Crippen LogP contribution in [0, 0.1) is 0 Å². The molecule has 7 heteroatoms. The van der Waals surface area contributed by atoms with E-state index in [1.165, 1.54) is 23.5 Å². The second kappa shape index (κ2) is 9.17. The number of nitrogens with zero attached hydrogens (tertiary/aromatic N) is 4. The zero-order valence-electron chi connectivity index (χ0n) is 16.9. The Hall–Kier alpha value is -3.06. The van der Waals surface area contributed by atoms with E-state index in [9.17, 15) is 9.59 Å². The summed E-state index contributed by atoms with van der Waals surface area (Å²) in [5.74, 6) is -0.242. The van der Waals surface area contributed by atoms with E-state index in [0.717, 1.165) is 17.5 Å². The SMILES string of the molecule is CCCN1CCN(C(=O)c2cnccn2)[C@H](Cc2cccc(-c3cccs3)c2)C1=O. The maximum absolute atomic E-state index is 13.3. The van der Waals surface area contributed by atoms with Crippen LogP contribution in [0.4, 0.5) is 0 Å². The first kappa shape index (κ1) is 20.2. The second-order valence-corrected chi connectivity index (χ2v) is 8.26. The van der Waals surface area contributed by atoms with Gasteiger partial charge in [-0.3, -0.25) is 14.6 Å². The molecule has 2 amide bonds. The maximum atomic E-state index is 13.3. The average Bonchev–Trinajstić information content (AvgIpc) is 3.32. The van der Waals surface area contributed by atoms with Crippen LogP contribution in [-0.4, -0.2) is 57.3 Å². The summed E-state index contributed by atoms with van der Waals surface area (Å²) in [6.45, 7) is 3.81. The summed E-state index contributed by atoms with van der Waals surface area (Å²) in [5, 5.41) is 2.05. The van der Waals surface area contributed by atoms with Crippen molar-refractivity contribution in [1.82, 2.24) is 19.8 Å². The molecule has 1 aromatic carbocycles. The Balaban J connectivity index is 1.62. The molecule has 4 rings (SSSR count). The molecule has 3 aromatic rings. The minimum atomic E-state index is -0.543. The molecule has 6 nitrogen and oxygen atoms in total. The normalized spacial score (nSPS) is 16.7. The highest BCUT2D eigenvalue weighted by atomic mass is 32.1. The van der Waals surface area contributed by atoms with E-state index < -0.39 is 6.04 Å². The van der Waals surface area contributed by atoms with Gasteiger partial charge < -0.3 is 9.80 Å². The number of carbonyl (C=O) groups excluding carboxylic acids is 2. The number of rotatable bonds is 6. The number of benzene rings is 1. The van der Waals surface area contributed by atoms with Crippen LogP contribution >= 0.6 is 11.3 Å². The molecule has 30 heavy (non-hydrogen) atoms. The molecular formula is C23H24N4O2S. The van der Waals surface area contributed by atoms with Gasteiger partial charge in [-0.25, -0.2) is 4.98 Å². The predicted octanol–water partition coefficient (Wildman–Crippen LogP) is 3.51. The average molecular weight is 421 g/mol. The minimum Gasteiger partial charge on any atom is -0.339 e. The van der Waals surface area contributed by atoms with Crippen LogP contribution in [-0.2, 0) is 11.2 Å². The Morgan fingerprint density at radius 1 is 1.20 bits per heavy atom. The third-order valence-corrected chi connectivity index (χ3v) is 6.20. The smallest absolute Gasteiger partial charge is 0.274 e. The van der Waals surface area contributed by atoms with Gasteiger partial charge in [-0.2, -0.15) is 0 Å². The lowest BCUT2D eigenvalue weighted by Gasteiger charge is -2.40. The molecule has 0 radical (unpaired) electrons. The van der Waals surface area contributed by atoms with Gasteiger partial charge in [0.1, 0.15) is 11.7 Å². The highest BCUT2D eigenvalue weighted by Crippen LogP contribution is 2.27. The van der Waals surface area contributed by atoms with Crippen LogP contribution in [0.15, 0.2) is 60.4 Å². The lowest BCUT2D eigenvalue weighted by molar-refractivity contribution is -0.140. The van der Waals surface area contributed by atoms with Crippen molar-refractivity contribution < 1.29 is 9.59 Å². The van der Waals surface area contributed by atoms with Crippen LogP contribution in [0.3, 0.4) is 0 Å². The lowest BCUT2D eigenvalue weighted by atomic mass is 9.98. The van der Waals surface area contributed by atoms with Crippen LogP contribution < -0.4 is 0 Å². The summed E-state index contributed by atoms with van der Waals surface area (Å²) >= 11 is 1.69. The van der Waals surface area contributed by atoms with Crippen molar-refractivity contribution in [3.05, 3.63) is 71.6 Å². The molecular weight excluding hydrogens is 396 g/mol. The molecule has 0 aliphatic carbocycles. The van der Waals surface area contributed by atoms with Crippen LogP contribution in [0.2, 0.25) is 0 Å². The van der Waals surface area contributed by atoms with Crippen molar-refractivity contribution in [2.45, 2.75) is 25.8 Å². The molecule has 3 heterocycles. The van der Waals surface area contributed by atoms with Crippen LogP contribution in [0.5, 0.6) is 0 Å². The molecule has 1 fully saturated rings. The Labute approximate surface area is 180 Å². The summed E-state index contributed by atoms with van der Waals surface area (Å²) in [6.07, 6.45) is 5.87. The molecule has 0 N–H and O–H groups in total. The molecule has 154 valence electrons. The van der Waals surface area contributed by atoms with Gasteiger partial charge in [0.25, 0.3) is 5.91 Å². The maximum Gasteiger partial charge on any atom is 0.274 e. The van der Waals surface area contributed by atoms with E-state index in [2.05, 4.69) is 40.5 Å². The Morgan fingerprint density at radius 3 is 2.83 bits per heavy atom.